The van der Waals surface area contributed by atoms with Crippen molar-refractivity contribution in [3.8, 4) is 5.69 Å². The van der Waals surface area contributed by atoms with Crippen molar-refractivity contribution in [2.75, 3.05) is 26.3 Å². The van der Waals surface area contributed by atoms with E-state index in [2.05, 4.69) is 0 Å². The lowest BCUT2D eigenvalue weighted by atomic mass is 9.93. The monoisotopic (exact) mass is 483 g/mol. The number of likely N-dealkylation sites (tertiary alicyclic amines) is 1. The highest BCUT2D eigenvalue weighted by molar-refractivity contribution is 5.91. The fourth-order valence-electron chi connectivity index (χ4n) is 5.01. The summed E-state index contributed by atoms with van der Waals surface area (Å²) in [6.45, 7) is 3.70. The fraction of sp³-hybridized carbons (Fsp3) is 0.556. The van der Waals surface area contributed by atoms with Crippen molar-refractivity contribution >= 4 is 5.91 Å². The molecule has 2 aliphatic heterocycles. The van der Waals surface area contributed by atoms with Gasteiger partial charge in [0.1, 0.15) is 0 Å². The van der Waals surface area contributed by atoms with Crippen LogP contribution in [0.1, 0.15) is 62.1 Å². The average molecular weight is 484 g/mol. The number of allylic oxidation sites excluding steroid dienone is 1. The van der Waals surface area contributed by atoms with Crippen LogP contribution < -0.4 is 5.56 Å². The molecule has 35 heavy (non-hydrogen) atoms. The number of amides is 1. The third kappa shape index (κ3) is 5.70. The van der Waals surface area contributed by atoms with Gasteiger partial charge in [-0.3, -0.25) is 14.3 Å². The van der Waals surface area contributed by atoms with Crippen LogP contribution in [0.3, 0.4) is 0 Å². The van der Waals surface area contributed by atoms with Crippen molar-refractivity contribution < 1.29 is 19.4 Å². The molecule has 2 aliphatic rings. The molecule has 1 aromatic carbocycles. The zero-order valence-electron chi connectivity index (χ0n) is 20.8. The summed E-state index contributed by atoms with van der Waals surface area (Å²) in [7, 11) is 1.87. The molecule has 1 amide bonds. The number of aliphatic hydroxyl groups excluding tert-OH is 1. The normalized spacial score (nSPS) is 21.1. The van der Waals surface area contributed by atoms with Gasteiger partial charge in [0.2, 0.25) is 6.29 Å². The largest absolute Gasteiger partial charge is 0.459 e. The Morgan fingerprint density at radius 1 is 1.11 bits per heavy atom. The zero-order valence-corrected chi connectivity index (χ0v) is 20.8. The predicted octanol–water partition coefficient (Wildman–Crippen LogP) is 3.39. The highest BCUT2D eigenvalue weighted by Gasteiger charge is 2.34. The van der Waals surface area contributed by atoms with E-state index in [-0.39, 0.29) is 29.8 Å². The summed E-state index contributed by atoms with van der Waals surface area (Å²) in [5, 5.41) is 9.16. The summed E-state index contributed by atoms with van der Waals surface area (Å²) in [5.74, 6) is -0.200. The fourth-order valence-corrected chi connectivity index (χ4v) is 5.01. The van der Waals surface area contributed by atoms with Gasteiger partial charge in [-0.1, -0.05) is 37.5 Å². The number of aromatic nitrogens is 2. The van der Waals surface area contributed by atoms with Gasteiger partial charge in [0.25, 0.3) is 11.5 Å². The molecule has 1 fully saturated rings. The van der Waals surface area contributed by atoms with E-state index in [4.69, 9.17) is 14.6 Å². The zero-order chi connectivity index (χ0) is 24.8. The summed E-state index contributed by atoms with van der Waals surface area (Å²) in [5.41, 5.74) is 2.17. The van der Waals surface area contributed by atoms with E-state index in [1.807, 2.05) is 60.0 Å². The second-order valence-corrected chi connectivity index (χ2v) is 9.40. The Morgan fingerprint density at radius 2 is 1.80 bits per heavy atom. The number of ether oxygens (including phenoxy) is 2. The van der Waals surface area contributed by atoms with E-state index >= 15 is 0 Å². The van der Waals surface area contributed by atoms with Gasteiger partial charge in [-0.2, -0.15) is 0 Å². The Kier molecular flexibility index (Phi) is 8.46. The lowest BCUT2D eigenvalue weighted by Crippen LogP contribution is -2.38. The third-order valence-electron chi connectivity index (χ3n) is 6.99. The molecule has 4 rings (SSSR count). The number of nitrogens with zero attached hydrogens (tertiary/aromatic N) is 3. The third-order valence-corrected chi connectivity index (χ3v) is 6.99. The highest BCUT2D eigenvalue weighted by Crippen LogP contribution is 2.33. The van der Waals surface area contributed by atoms with Crippen LogP contribution in [0, 0.1) is 6.92 Å². The van der Waals surface area contributed by atoms with Crippen molar-refractivity contribution in [3.63, 3.8) is 0 Å². The Labute approximate surface area is 206 Å². The van der Waals surface area contributed by atoms with Gasteiger partial charge in [-0.15, -0.1) is 0 Å². The maximum absolute atomic E-state index is 13.6. The summed E-state index contributed by atoms with van der Waals surface area (Å²) in [6, 6.07) is 9.54. The van der Waals surface area contributed by atoms with E-state index in [9.17, 15) is 9.59 Å². The topological polar surface area (TPSA) is 85.9 Å². The summed E-state index contributed by atoms with van der Waals surface area (Å²) >= 11 is 0. The van der Waals surface area contributed by atoms with Gasteiger partial charge in [0.15, 0.2) is 5.76 Å². The van der Waals surface area contributed by atoms with E-state index in [1.165, 1.54) is 6.42 Å². The molecule has 2 atom stereocenters. The molecule has 8 nitrogen and oxygen atoms in total. The second-order valence-electron chi connectivity index (χ2n) is 9.40. The molecule has 1 N–H and O–H groups in total. The van der Waals surface area contributed by atoms with Crippen LogP contribution >= 0.6 is 0 Å². The summed E-state index contributed by atoms with van der Waals surface area (Å²) < 4.78 is 15.4. The van der Waals surface area contributed by atoms with Crippen LogP contribution in [0.2, 0.25) is 0 Å². The van der Waals surface area contributed by atoms with Gasteiger partial charge in [0.05, 0.1) is 12.3 Å². The molecule has 2 aromatic rings. The maximum atomic E-state index is 13.6. The average Bonchev–Trinajstić information content (AvgIpc) is 3.07. The number of para-hydroxylation sites is 1. The minimum atomic E-state index is -0.658. The first-order valence-electron chi connectivity index (χ1n) is 12.8. The lowest BCUT2D eigenvalue weighted by molar-refractivity contribution is -0.153. The Hall–Kier alpha value is -2.84. The summed E-state index contributed by atoms with van der Waals surface area (Å²) in [6.07, 6.45) is 7.50. The molecule has 0 radical (unpaired) electrons. The molecule has 1 aromatic heterocycles. The van der Waals surface area contributed by atoms with Crippen LogP contribution in [0.5, 0.6) is 0 Å². The van der Waals surface area contributed by atoms with E-state index < -0.39 is 6.29 Å². The van der Waals surface area contributed by atoms with Gasteiger partial charge >= 0.3 is 0 Å². The smallest absolute Gasteiger partial charge is 0.288 e. The van der Waals surface area contributed by atoms with Crippen LogP contribution in [0.25, 0.3) is 5.69 Å². The highest BCUT2D eigenvalue weighted by atomic mass is 16.7. The van der Waals surface area contributed by atoms with Crippen molar-refractivity contribution in [2.24, 2.45) is 7.05 Å². The first-order chi connectivity index (χ1) is 17.0. The molecule has 190 valence electrons. The number of rotatable bonds is 7. The molecule has 1 saturated heterocycles. The minimum absolute atomic E-state index is 0.0190. The number of benzene rings is 1. The first-order valence-corrected chi connectivity index (χ1v) is 12.8. The molecular formula is C27H37N3O5. The van der Waals surface area contributed by atoms with E-state index in [1.54, 1.807) is 4.68 Å². The molecular weight excluding hydrogens is 446 g/mol. The molecule has 0 spiro atoms. The second kappa shape index (κ2) is 11.7. The molecule has 0 aliphatic carbocycles. The van der Waals surface area contributed by atoms with E-state index in [0.717, 1.165) is 37.1 Å². The molecule has 0 unspecified atom stereocenters. The Balaban J connectivity index is 1.68. The molecule has 3 heterocycles. The maximum Gasteiger partial charge on any atom is 0.288 e. The van der Waals surface area contributed by atoms with Crippen molar-refractivity contribution in [3.05, 3.63) is 63.8 Å². The summed E-state index contributed by atoms with van der Waals surface area (Å²) in [4.78, 5) is 29.0. The van der Waals surface area contributed by atoms with Crippen molar-refractivity contribution in [2.45, 2.75) is 64.1 Å². The minimum Gasteiger partial charge on any atom is -0.459 e. The Morgan fingerprint density at radius 3 is 2.49 bits per heavy atom. The van der Waals surface area contributed by atoms with Gasteiger partial charge < -0.3 is 19.5 Å². The molecule has 8 heteroatoms. The van der Waals surface area contributed by atoms with Crippen LogP contribution in [0.4, 0.5) is 0 Å². The van der Waals surface area contributed by atoms with Crippen LogP contribution in [-0.2, 0) is 21.3 Å². The Bertz CT molecular complexity index is 1080. The first kappa shape index (κ1) is 25.3. The van der Waals surface area contributed by atoms with Crippen molar-refractivity contribution in [1.82, 2.24) is 14.3 Å². The number of carbonyl (C=O) groups excluding carboxylic acids is 1. The predicted molar refractivity (Wildman–Crippen MR) is 133 cm³/mol. The SMILES string of the molecule is Cc1c([C@H]2C=C(C(=O)N3CCCCCCC3)O[C@@H](OCCCO)C2)c(=O)n(-c2ccccc2)n1C. The van der Waals surface area contributed by atoms with E-state index in [0.29, 0.717) is 38.1 Å². The molecule has 0 saturated carbocycles. The van der Waals surface area contributed by atoms with Gasteiger partial charge in [-0.25, -0.2) is 4.68 Å². The van der Waals surface area contributed by atoms with Crippen molar-refractivity contribution in [1.29, 1.82) is 0 Å². The number of hydrogen-bond acceptors (Lipinski definition) is 5. The van der Waals surface area contributed by atoms with Crippen LogP contribution in [0.15, 0.2) is 47.0 Å². The lowest BCUT2D eigenvalue weighted by Gasteiger charge is -2.32. The standard InChI is InChI=1S/C27H37N3O5/c1-20-25(27(33)30(28(20)2)22-12-7-6-8-13-22)21-18-23(35-24(19-21)34-17-11-16-31)26(32)29-14-9-4-3-5-10-15-29/h6-8,12-13,18,21,24,31H,3-5,9-11,14-17,19H2,1-2H3/t21-,24+/m0/s1. The van der Waals surface area contributed by atoms with Gasteiger partial charge in [0, 0.05) is 50.3 Å². The quantitative estimate of drug-likeness (QED) is 0.610. The molecule has 0 bridgehead atoms. The number of aliphatic hydroxyl groups is 1. The van der Waals surface area contributed by atoms with Gasteiger partial charge in [-0.05, 0) is 44.4 Å². The van der Waals surface area contributed by atoms with Crippen LogP contribution in [-0.4, -0.2) is 57.9 Å². The number of carbonyl (C=O) groups is 1. The number of hydrogen-bond donors (Lipinski definition) is 1.